The van der Waals surface area contributed by atoms with Crippen LogP contribution in [0.4, 0.5) is 5.13 Å². The lowest BCUT2D eigenvalue weighted by molar-refractivity contribution is 0.116. The first-order valence-corrected chi connectivity index (χ1v) is 7.52. The average Bonchev–Trinajstić information content (AvgIpc) is 2.98. The zero-order chi connectivity index (χ0) is 13.0. The second kappa shape index (κ2) is 6.50. The first-order chi connectivity index (χ1) is 8.74. The van der Waals surface area contributed by atoms with Gasteiger partial charge in [0.2, 0.25) is 0 Å². The van der Waals surface area contributed by atoms with Crippen LogP contribution in [0.15, 0.2) is 0 Å². The second-order valence-electron chi connectivity index (χ2n) is 4.77. The van der Waals surface area contributed by atoms with Crippen molar-refractivity contribution in [3.05, 3.63) is 10.6 Å². The fraction of sp³-hybridized carbons (Fsp3) is 0.769. The van der Waals surface area contributed by atoms with Gasteiger partial charge in [0.05, 0.1) is 11.8 Å². The second-order valence-corrected chi connectivity index (χ2v) is 5.83. The van der Waals surface area contributed by atoms with E-state index in [4.69, 9.17) is 9.72 Å². The van der Waals surface area contributed by atoms with E-state index in [1.54, 1.807) is 11.3 Å². The Morgan fingerprint density at radius 1 is 1.56 bits per heavy atom. The number of aromatic nitrogens is 1. The van der Waals surface area contributed by atoms with Crippen molar-refractivity contribution in [3.8, 4) is 0 Å². The molecule has 1 aromatic rings. The van der Waals surface area contributed by atoms with Crippen molar-refractivity contribution in [2.75, 3.05) is 32.1 Å². The van der Waals surface area contributed by atoms with Gasteiger partial charge in [-0.2, -0.15) is 0 Å². The van der Waals surface area contributed by atoms with Gasteiger partial charge in [0, 0.05) is 31.6 Å². The third kappa shape index (κ3) is 3.22. The van der Waals surface area contributed by atoms with Gasteiger partial charge >= 0.3 is 0 Å². The Hall–Kier alpha value is -0.650. The molecule has 1 aliphatic heterocycles. The summed E-state index contributed by atoms with van der Waals surface area (Å²) in [6, 6.07) is 0. The summed E-state index contributed by atoms with van der Waals surface area (Å²) in [4.78, 5) is 8.33. The maximum atomic E-state index is 5.68. The number of hydrogen-bond acceptors (Lipinski definition) is 5. The molecule has 4 nitrogen and oxygen atoms in total. The SMILES string of the molecule is CCc1nc(N(C)CC2CCCO2)sc1CNC. The summed E-state index contributed by atoms with van der Waals surface area (Å²) < 4.78 is 5.68. The van der Waals surface area contributed by atoms with Crippen molar-refractivity contribution >= 4 is 16.5 Å². The molecule has 1 unspecified atom stereocenters. The van der Waals surface area contributed by atoms with Gasteiger partial charge < -0.3 is 15.0 Å². The maximum Gasteiger partial charge on any atom is 0.185 e. The lowest BCUT2D eigenvalue weighted by Gasteiger charge is -2.19. The van der Waals surface area contributed by atoms with Crippen LogP contribution in [0.1, 0.15) is 30.3 Å². The Morgan fingerprint density at radius 2 is 2.39 bits per heavy atom. The van der Waals surface area contributed by atoms with Crippen molar-refractivity contribution in [1.82, 2.24) is 10.3 Å². The number of hydrogen-bond donors (Lipinski definition) is 1. The molecule has 5 heteroatoms. The van der Waals surface area contributed by atoms with E-state index in [0.717, 1.165) is 31.2 Å². The third-order valence-corrected chi connectivity index (χ3v) is 4.48. The van der Waals surface area contributed by atoms with Crippen molar-refractivity contribution in [3.63, 3.8) is 0 Å². The molecule has 0 aliphatic carbocycles. The van der Waals surface area contributed by atoms with Crippen molar-refractivity contribution < 1.29 is 4.74 Å². The zero-order valence-corrected chi connectivity index (χ0v) is 12.3. The molecule has 1 N–H and O–H groups in total. The van der Waals surface area contributed by atoms with Gasteiger partial charge in [0.25, 0.3) is 0 Å². The Balaban J connectivity index is 2.02. The Kier molecular flexibility index (Phi) is 4.97. The van der Waals surface area contributed by atoms with Gasteiger partial charge in [-0.3, -0.25) is 0 Å². The summed E-state index contributed by atoms with van der Waals surface area (Å²) in [5, 5.41) is 4.33. The smallest absolute Gasteiger partial charge is 0.185 e. The van der Waals surface area contributed by atoms with E-state index in [9.17, 15) is 0 Å². The first kappa shape index (κ1) is 13.8. The summed E-state index contributed by atoms with van der Waals surface area (Å²) in [5.74, 6) is 0. The van der Waals surface area contributed by atoms with E-state index in [1.807, 2.05) is 7.05 Å². The van der Waals surface area contributed by atoms with E-state index in [0.29, 0.717) is 6.10 Å². The molecule has 1 atom stereocenters. The van der Waals surface area contributed by atoms with Crippen LogP contribution in [-0.4, -0.2) is 38.3 Å². The first-order valence-electron chi connectivity index (χ1n) is 6.70. The number of nitrogens with one attached hydrogen (secondary N) is 1. The standard InChI is InChI=1S/C13H23N3OS/c1-4-11-12(8-14-2)18-13(15-11)16(3)9-10-6-5-7-17-10/h10,14H,4-9H2,1-3H3. The number of nitrogens with zero attached hydrogens (tertiary/aromatic N) is 2. The molecule has 18 heavy (non-hydrogen) atoms. The van der Waals surface area contributed by atoms with Crippen LogP contribution in [-0.2, 0) is 17.7 Å². The van der Waals surface area contributed by atoms with E-state index in [1.165, 1.54) is 23.4 Å². The number of rotatable bonds is 6. The van der Waals surface area contributed by atoms with Gasteiger partial charge in [-0.1, -0.05) is 6.92 Å². The van der Waals surface area contributed by atoms with Crippen LogP contribution in [0.25, 0.3) is 0 Å². The molecule has 0 radical (unpaired) electrons. The summed E-state index contributed by atoms with van der Waals surface area (Å²) in [6.45, 7) is 4.95. The highest BCUT2D eigenvalue weighted by Gasteiger charge is 2.20. The Labute approximate surface area is 113 Å². The molecular weight excluding hydrogens is 246 g/mol. The van der Waals surface area contributed by atoms with Crippen LogP contribution in [0.5, 0.6) is 0 Å². The molecule has 1 aliphatic rings. The van der Waals surface area contributed by atoms with E-state index >= 15 is 0 Å². The van der Waals surface area contributed by atoms with E-state index < -0.39 is 0 Å². The molecule has 2 heterocycles. The van der Waals surface area contributed by atoms with Crippen LogP contribution in [0, 0.1) is 0 Å². The fourth-order valence-electron chi connectivity index (χ4n) is 2.28. The van der Waals surface area contributed by atoms with Gasteiger partial charge in [0.15, 0.2) is 5.13 Å². The molecule has 0 spiro atoms. The average molecular weight is 269 g/mol. The van der Waals surface area contributed by atoms with Crippen molar-refractivity contribution in [2.24, 2.45) is 0 Å². The summed E-state index contributed by atoms with van der Waals surface area (Å²) in [6.07, 6.45) is 3.76. The molecule has 1 saturated heterocycles. The minimum absolute atomic E-state index is 0.386. The van der Waals surface area contributed by atoms with Crippen LogP contribution in [0.3, 0.4) is 0 Å². The van der Waals surface area contributed by atoms with Crippen molar-refractivity contribution in [2.45, 2.75) is 38.8 Å². The molecule has 0 aromatic carbocycles. The monoisotopic (exact) mass is 269 g/mol. The number of thiazole rings is 1. The highest BCUT2D eigenvalue weighted by atomic mass is 32.1. The molecule has 102 valence electrons. The Morgan fingerprint density at radius 3 is 3.00 bits per heavy atom. The predicted octanol–water partition coefficient (Wildman–Crippen LogP) is 2.04. The topological polar surface area (TPSA) is 37.4 Å². The molecule has 2 rings (SSSR count). The highest BCUT2D eigenvalue weighted by molar-refractivity contribution is 7.15. The lowest BCUT2D eigenvalue weighted by atomic mass is 10.2. The summed E-state index contributed by atoms with van der Waals surface area (Å²) >= 11 is 1.80. The predicted molar refractivity (Wildman–Crippen MR) is 76.5 cm³/mol. The van der Waals surface area contributed by atoms with Crippen LogP contribution < -0.4 is 10.2 Å². The van der Waals surface area contributed by atoms with E-state index in [2.05, 4.69) is 24.2 Å². The summed E-state index contributed by atoms with van der Waals surface area (Å²) in [5.41, 5.74) is 1.23. The molecule has 0 bridgehead atoms. The van der Waals surface area contributed by atoms with Gasteiger partial charge in [-0.05, 0) is 26.3 Å². The Bertz CT molecular complexity index is 374. The van der Waals surface area contributed by atoms with Crippen molar-refractivity contribution in [1.29, 1.82) is 0 Å². The maximum absolute atomic E-state index is 5.68. The molecule has 0 saturated carbocycles. The van der Waals surface area contributed by atoms with Gasteiger partial charge in [-0.15, -0.1) is 11.3 Å². The molecule has 1 fully saturated rings. The quantitative estimate of drug-likeness (QED) is 0.857. The minimum Gasteiger partial charge on any atom is -0.376 e. The number of aryl methyl sites for hydroxylation is 1. The van der Waals surface area contributed by atoms with Gasteiger partial charge in [-0.25, -0.2) is 4.98 Å². The zero-order valence-electron chi connectivity index (χ0n) is 11.5. The third-order valence-electron chi connectivity index (χ3n) is 3.27. The summed E-state index contributed by atoms with van der Waals surface area (Å²) in [7, 11) is 4.10. The van der Waals surface area contributed by atoms with E-state index in [-0.39, 0.29) is 0 Å². The number of likely N-dealkylation sites (N-methyl/N-ethyl adjacent to an activating group) is 1. The van der Waals surface area contributed by atoms with Crippen LogP contribution >= 0.6 is 11.3 Å². The fourth-order valence-corrected chi connectivity index (χ4v) is 3.41. The van der Waals surface area contributed by atoms with Crippen LogP contribution in [0.2, 0.25) is 0 Å². The minimum atomic E-state index is 0.386. The van der Waals surface area contributed by atoms with Gasteiger partial charge in [0.1, 0.15) is 0 Å². The number of anilines is 1. The highest BCUT2D eigenvalue weighted by Crippen LogP contribution is 2.27. The largest absolute Gasteiger partial charge is 0.376 e. The molecule has 0 amide bonds. The molecule has 1 aromatic heterocycles. The molecular formula is C13H23N3OS. The lowest BCUT2D eigenvalue weighted by Crippen LogP contribution is -2.28. The number of ether oxygens (including phenoxy) is 1. The normalized spacial score (nSPS) is 19.4.